The summed E-state index contributed by atoms with van der Waals surface area (Å²) < 4.78 is 0. The maximum Gasteiger partial charge on any atom is 0.127 e. The topological polar surface area (TPSA) is 17.8 Å². The first-order valence-corrected chi connectivity index (χ1v) is 12.2. The molecule has 4 aliphatic rings. The third-order valence-electron chi connectivity index (χ3n) is 8.37. The maximum absolute atomic E-state index is 2.36. The lowest BCUT2D eigenvalue weighted by molar-refractivity contribution is -1.01. The number of benzene rings is 1. The minimum absolute atomic E-state index is 1.32. The highest BCUT2D eigenvalue weighted by atomic mass is 15.2. The van der Waals surface area contributed by atoms with E-state index in [1.807, 2.05) is 43.2 Å². The van der Waals surface area contributed by atoms with Gasteiger partial charge in [0.2, 0.25) is 0 Å². The zero-order chi connectivity index (χ0) is 19.1. The van der Waals surface area contributed by atoms with Crippen LogP contribution in [0.3, 0.4) is 0 Å². The van der Waals surface area contributed by atoms with Crippen molar-refractivity contribution in [1.82, 2.24) is 0 Å². The summed E-state index contributed by atoms with van der Waals surface area (Å²) in [7, 11) is 4.73. The van der Waals surface area contributed by atoms with Gasteiger partial charge in [-0.15, -0.1) is 0 Å². The minimum atomic E-state index is 1.32. The molecule has 2 aliphatic carbocycles. The van der Waals surface area contributed by atoms with Gasteiger partial charge < -0.3 is 19.6 Å². The van der Waals surface area contributed by atoms with Gasteiger partial charge in [-0.1, -0.05) is 0 Å². The molecular weight excluding hydrogens is 344 g/mol. The lowest BCUT2D eigenvalue weighted by atomic mass is 9.88. The van der Waals surface area contributed by atoms with Gasteiger partial charge in [0.1, 0.15) is 65.4 Å². The fraction of sp³-hybridized carbons (Fsp3) is 0.750. The fourth-order valence-corrected chi connectivity index (χ4v) is 6.52. The Hall–Kier alpha value is -0.940. The van der Waals surface area contributed by atoms with E-state index in [0.717, 1.165) is 0 Å². The summed E-state index contributed by atoms with van der Waals surface area (Å²) in [6, 6.07) is 0. The summed E-state index contributed by atoms with van der Waals surface area (Å²) in [6.07, 6.45) is 8.28. The molecule has 0 aromatic heterocycles. The molecule has 5 rings (SSSR count). The van der Waals surface area contributed by atoms with Crippen molar-refractivity contribution in [2.45, 2.75) is 51.6 Å². The molecule has 1 aromatic carbocycles. The third kappa shape index (κ3) is 3.65. The summed E-state index contributed by atoms with van der Waals surface area (Å²) in [5.41, 5.74) is 11.0. The number of piperazine rings is 2. The molecule has 2 fully saturated rings. The number of nitrogens with one attached hydrogen (secondary N) is 4. The van der Waals surface area contributed by atoms with Crippen LogP contribution in [0, 0.1) is 0 Å². The van der Waals surface area contributed by atoms with E-state index in [9.17, 15) is 0 Å². The first kappa shape index (κ1) is 19.0. The summed E-state index contributed by atoms with van der Waals surface area (Å²) in [5.74, 6) is 0. The van der Waals surface area contributed by atoms with Crippen LogP contribution in [0.15, 0.2) is 0 Å². The van der Waals surface area contributed by atoms with Gasteiger partial charge in [-0.2, -0.15) is 0 Å². The molecule has 154 valence electrons. The molecule has 0 amide bonds. The number of hydrogen-bond donors (Lipinski definition) is 4. The Morgan fingerprint density at radius 2 is 0.821 bits per heavy atom. The Labute approximate surface area is 171 Å². The first-order valence-electron chi connectivity index (χ1n) is 12.2. The Kier molecular flexibility index (Phi) is 5.48. The monoisotopic (exact) mass is 386 g/mol. The zero-order valence-electron chi connectivity index (χ0n) is 18.3. The highest BCUT2D eigenvalue weighted by Gasteiger charge is 2.33. The predicted octanol–water partition coefficient (Wildman–Crippen LogP) is -3.51. The molecule has 4 nitrogen and oxygen atoms in total. The second kappa shape index (κ2) is 8.06. The van der Waals surface area contributed by atoms with Gasteiger partial charge in [0.05, 0.1) is 14.1 Å². The summed E-state index contributed by atoms with van der Waals surface area (Å²) in [6.45, 7) is 13.5. The van der Waals surface area contributed by atoms with Gasteiger partial charge in [0, 0.05) is 11.1 Å². The molecule has 2 saturated heterocycles. The standard InChI is InChI=1S/C24H38N4/c1-25-9-13-27(14-10-25)17-23-19-5-3-7-21(19)24(22-8-4-6-20(22)23)18-28-15-11-26(2)12-16-28/h3-18H2,1-2H3/p+4. The maximum atomic E-state index is 2.36. The average molecular weight is 387 g/mol. The van der Waals surface area contributed by atoms with Crippen LogP contribution in [-0.2, 0) is 38.8 Å². The highest BCUT2D eigenvalue weighted by Crippen LogP contribution is 2.38. The highest BCUT2D eigenvalue weighted by molar-refractivity contribution is 5.55. The molecule has 2 heterocycles. The van der Waals surface area contributed by atoms with Crippen molar-refractivity contribution in [2.24, 2.45) is 0 Å². The van der Waals surface area contributed by atoms with Crippen molar-refractivity contribution in [1.29, 1.82) is 0 Å². The summed E-state index contributed by atoms with van der Waals surface area (Å²) >= 11 is 0. The van der Waals surface area contributed by atoms with Crippen molar-refractivity contribution in [3.8, 4) is 0 Å². The number of hydrogen-bond acceptors (Lipinski definition) is 0. The predicted molar refractivity (Wildman–Crippen MR) is 113 cm³/mol. The van der Waals surface area contributed by atoms with Crippen LogP contribution in [0.1, 0.15) is 46.2 Å². The van der Waals surface area contributed by atoms with Crippen molar-refractivity contribution in [3.63, 3.8) is 0 Å². The molecule has 0 bridgehead atoms. The Bertz CT molecular complexity index is 618. The van der Waals surface area contributed by atoms with Crippen molar-refractivity contribution in [3.05, 3.63) is 33.4 Å². The first-order chi connectivity index (χ1) is 13.7. The largest absolute Gasteiger partial charge is 0.328 e. The Morgan fingerprint density at radius 3 is 1.14 bits per heavy atom. The van der Waals surface area contributed by atoms with Gasteiger partial charge in [-0.05, 0) is 60.8 Å². The molecule has 0 radical (unpaired) electrons. The van der Waals surface area contributed by atoms with E-state index in [1.54, 1.807) is 9.80 Å². The fourth-order valence-electron chi connectivity index (χ4n) is 6.52. The summed E-state index contributed by atoms with van der Waals surface area (Å²) in [5, 5.41) is 0. The van der Waals surface area contributed by atoms with Gasteiger partial charge >= 0.3 is 0 Å². The third-order valence-corrected chi connectivity index (χ3v) is 8.37. The second-order valence-electron chi connectivity index (χ2n) is 10.3. The smallest absolute Gasteiger partial charge is 0.127 e. The van der Waals surface area contributed by atoms with E-state index >= 15 is 0 Å². The quantitative estimate of drug-likeness (QED) is 0.411. The second-order valence-corrected chi connectivity index (χ2v) is 10.3. The van der Waals surface area contributed by atoms with E-state index in [0.29, 0.717) is 0 Å². The Balaban J connectivity index is 1.44. The van der Waals surface area contributed by atoms with E-state index in [4.69, 9.17) is 0 Å². The van der Waals surface area contributed by atoms with Crippen molar-refractivity contribution < 1.29 is 19.6 Å². The lowest BCUT2D eigenvalue weighted by Gasteiger charge is -2.31. The van der Waals surface area contributed by atoms with Crippen LogP contribution < -0.4 is 19.6 Å². The van der Waals surface area contributed by atoms with Crippen LogP contribution in [0.4, 0.5) is 0 Å². The molecule has 0 unspecified atom stereocenters. The van der Waals surface area contributed by atoms with Gasteiger partial charge in [0.15, 0.2) is 0 Å². The molecule has 1 aromatic rings. The van der Waals surface area contributed by atoms with E-state index in [2.05, 4.69) is 14.1 Å². The number of likely N-dealkylation sites (N-methyl/N-ethyl adjacent to an activating group) is 2. The molecule has 0 spiro atoms. The zero-order valence-corrected chi connectivity index (χ0v) is 18.3. The van der Waals surface area contributed by atoms with Crippen LogP contribution >= 0.6 is 0 Å². The molecule has 4 heteroatoms. The summed E-state index contributed by atoms with van der Waals surface area (Å²) in [4.78, 5) is 7.17. The molecular formula is C24H42N4+4. The van der Waals surface area contributed by atoms with Crippen molar-refractivity contribution >= 4 is 0 Å². The minimum Gasteiger partial charge on any atom is -0.328 e. The molecule has 2 aliphatic heterocycles. The van der Waals surface area contributed by atoms with E-state index < -0.39 is 0 Å². The molecule has 0 saturated carbocycles. The molecule has 0 atom stereocenters. The average Bonchev–Trinajstić information content (AvgIpc) is 3.37. The number of fused-ring (bicyclic) bond motifs is 2. The molecule has 4 N–H and O–H groups in total. The van der Waals surface area contributed by atoms with Gasteiger partial charge in [-0.3, -0.25) is 0 Å². The van der Waals surface area contributed by atoms with E-state index in [1.165, 1.54) is 104 Å². The van der Waals surface area contributed by atoms with E-state index in [-0.39, 0.29) is 0 Å². The Morgan fingerprint density at radius 1 is 0.500 bits per heavy atom. The van der Waals surface area contributed by atoms with Crippen LogP contribution in [0.25, 0.3) is 0 Å². The van der Waals surface area contributed by atoms with Crippen LogP contribution in [-0.4, -0.2) is 66.5 Å². The lowest BCUT2D eigenvalue weighted by Crippen LogP contribution is -3.26. The normalized spacial score (nSPS) is 32.4. The number of rotatable bonds is 4. The number of quaternary nitrogens is 4. The van der Waals surface area contributed by atoms with Crippen LogP contribution in [0.2, 0.25) is 0 Å². The molecule has 28 heavy (non-hydrogen) atoms. The van der Waals surface area contributed by atoms with Crippen LogP contribution in [0.5, 0.6) is 0 Å². The van der Waals surface area contributed by atoms with Gasteiger partial charge in [-0.25, -0.2) is 0 Å². The van der Waals surface area contributed by atoms with Gasteiger partial charge in [0.25, 0.3) is 0 Å². The SMILES string of the molecule is C[NH+]1CC[NH+](Cc2c3c(c(C[NH+]4CC[NH+](C)CC4)c4c2CCC4)CCC3)CC1. The van der Waals surface area contributed by atoms with Crippen molar-refractivity contribution in [2.75, 3.05) is 66.5 Å².